The van der Waals surface area contributed by atoms with Crippen LogP contribution in [0.15, 0.2) is 18.2 Å². The van der Waals surface area contributed by atoms with E-state index in [1.165, 1.54) is 6.42 Å². The minimum absolute atomic E-state index is 0.179. The zero-order valence-corrected chi connectivity index (χ0v) is 10.5. The Bertz CT molecular complexity index is 366. The summed E-state index contributed by atoms with van der Waals surface area (Å²) in [6.45, 7) is 2.11. The summed E-state index contributed by atoms with van der Waals surface area (Å²) in [6, 6.07) is 5.07. The minimum Gasteiger partial charge on any atom is -0.377 e. The summed E-state index contributed by atoms with van der Waals surface area (Å²) < 4.78 is 19.2. The molecule has 1 saturated heterocycles. The van der Waals surface area contributed by atoms with Crippen LogP contribution in [0.4, 0.5) is 4.39 Å². The molecule has 2 rings (SSSR count). The van der Waals surface area contributed by atoms with E-state index in [9.17, 15) is 4.39 Å². The highest BCUT2D eigenvalue weighted by molar-refractivity contribution is 6.30. The van der Waals surface area contributed by atoms with Crippen LogP contribution >= 0.6 is 11.6 Å². The molecule has 1 aromatic rings. The molecule has 0 saturated carbocycles. The second-order valence-electron chi connectivity index (χ2n) is 4.33. The number of benzene rings is 1. The van der Waals surface area contributed by atoms with E-state index in [1.807, 2.05) is 0 Å². The zero-order chi connectivity index (χ0) is 12.1. The Kier molecular flexibility index (Phi) is 4.77. The van der Waals surface area contributed by atoms with E-state index in [0.29, 0.717) is 12.1 Å². The minimum atomic E-state index is -0.328. The molecule has 1 fully saturated rings. The van der Waals surface area contributed by atoms with Crippen LogP contribution in [-0.4, -0.2) is 19.3 Å². The highest BCUT2D eigenvalue weighted by Crippen LogP contribution is 2.18. The Balaban J connectivity index is 1.79. The van der Waals surface area contributed by atoms with Crippen LogP contribution in [0, 0.1) is 5.82 Å². The van der Waals surface area contributed by atoms with Crippen LogP contribution in [0.2, 0.25) is 5.02 Å². The normalized spacial score (nSPS) is 20.5. The molecule has 94 valence electrons. The third-order valence-electron chi connectivity index (χ3n) is 2.99. The van der Waals surface area contributed by atoms with Crippen molar-refractivity contribution in [1.29, 1.82) is 0 Å². The van der Waals surface area contributed by atoms with Gasteiger partial charge in [0, 0.05) is 25.3 Å². The van der Waals surface area contributed by atoms with Crippen LogP contribution < -0.4 is 5.32 Å². The monoisotopic (exact) mass is 257 g/mol. The Morgan fingerprint density at radius 1 is 1.41 bits per heavy atom. The SMILES string of the molecule is Fc1c(Cl)cccc1CNCC1CCCCO1. The van der Waals surface area contributed by atoms with Crippen molar-refractivity contribution in [3.05, 3.63) is 34.6 Å². The largest absolute Gasteiger partial charge is 0.377 e. The van der Waals surface area contributed by atoms with Crippen LogP contribution in [0.25, 0.3) is 0 Å². The second kappa shape index (κ2) is 6.34. The smallest absolute Gasteiger partial charge is 0.146 e. The average Bonchev–Trinajstić information content (AvgIpc) is 2.36. The number of nitrogens with one attached hydrogen (secondary N) is 1. The van der Waals surface area contributed by atoms with Gasteiger partial charge in [0.2, 0.25) is 0 Å². The highest BCUT2D eigenvalue weighted by Gasteiger charge is 2.13. The van der Waals surface area contributed by atoms with Gasteiger partial charge in [-0.25, -0.2) is 4.39 Å². The van der Waals surface area contributed by atoms with Gasteiger partial charge >= 0.3 is 0 Å². The summed E-state index contributed by atoms with van der Waals surface area (Å²) in [4.78, 5) is 0. The lowest BCUT2D eigenvalue weighted by molar-refractivity contribution is 0.0167. The molecule has 0 aromatic heterocycles. The van der Waals surface area contributed by atoms with Crippen molar-refractivity contribution in [2.75, 3.05) is 13.2 Å². The molecule has 0 spiro atoms. The maximum Gasteiger partial charge on any atom is 0.146 e. The molecule has 0 radical (unpaired) electrons. The van der Waals surface area contributed by atoms with Gasteiger partial charge in [-0.1, -0.05) is 23.7 Å². The molecule has 0 bridgehead atoms. The third kappa shape index (κ3) is 3.66. The Hall–Kier alpha value is -0.640. The number of rotatable bonds is 4. The summed E-state index contributed by atoms with van der Waals surface area (Å²) in [5, 5.41) is 3.39. The predicted octanol–water partition coefficient (Wildman–Crippen LogP) is 3.14. The van der Waals surface area contributed by atoms with Crippen molar-refractivity contribution in [2.24, 2.45) is 0 Å². The second-order valence-corrected chi connectivity index (χ2v) is 4.74. The van der Waals surface area contributed by atoms with E-state index in [4.69, 9.17) is 16.3 Å². The summed E-state index contributed by atoms with van der Waals surface area (Å²) in [5.74, 6) is -0.328. The fraction of sp³-hybridized carbons (Fsp3) is 0.538. The number of ether oxygens (including phenoxy) is 1. The van der Waals surface area contributed by atoms with Gasteiger partial charge in [0.15, 0.2) is 0 Å². The third-order valence-corrected chi connectivity index (χ3v) is 3.28. The maximum absolute atomic E-state index is 13.6. The molecular weight excluding hydrogens is 241 g/mol. The van der Waals surface area contributed by atoms with Gasteiger partial charge in [-0.2, -0.15) is 0 Å². The molecule has 1 N–H and O–H groups in total. The molecule has 17 heavy (non-hydrogen) atoms. The van der Waals surface area contributed by atoms with Crippen molar-refractivity contribution in [3.8, 4) is 0 Å². The summed E-state index contributed by atoms with van der Waals surface area (Å²) in [7, 11) is 0. The van der Waals surface area contributed by atoms with Crippen LogP contribution in [0.3, 0.4) is 0 Å². The fourth-order valence-corrected chi connectivity index (χ4v) is 2.22. The molecule has 4 heteroatoms. The van der Waals surface area contributed by atoms with Gasteiger partial charge < -0.3 is 10.1 Å². The van der Waals surface area contributed by atoms with Crippen molar-refractivity contribution in [2.45, 2.75) is 31.9 Å². The predicted molar refractivity (Wildman–Crippen MR) is 66.7 cm³/mol. The molecule has 0 aliphatic carbocycles. The molecule has 1 atom stereocenters. The topological polar surface area (TPSA) is 21.3 Å². The van der Waals surface area contributed by atoms with Gasteiger partial charge in [-0.3, -0.25) is 0 Å². The molecule has 1 unspecified atom stereocenters. The lowest BCUT2D eigenvalue weighted by atomic mass is 10.1. The van der Waals surface area contributed by atoms with Gasteiger partial charge in [-0.05, 0) is 25.3 Å². The zero-order valence-electron chi connectivity index (χ0n) is 9.72. The van der Waals surface area contributed by atoms with Crippen molar-refractivity contribution in [1.82, 2.24) is 5.32 Å². The average molecular weight is 258 g/mol. The van der Waals surface area contributed by atoms with E-state index in [-0.39, 0.29) is 16.9 Å². The van der Waals surface area contributed by atoms with Crippen molar-refractivity contribution in [3.63, 3.8) is 0 Å². The molecule has 1 heterocycles. The van der Waals surface area contributed by atoms with Crippen molar-refractivity contribution >= 4 is 11.6 Å². The molecule has 1 aliphatic rings. The van der Waals surface area contributed by atoms with Gasteiger partial charge in [-0.15, -0.1) is 0 Å². The lowest BCUT2D eigenvalue weighted by Crippen LogP contribution is -2.31. The molecule has 1 aliphatic heterocycles. The van der Waals surface area contributed by atoms with Crippen LogP contribution in [0.1, 0.15) is 24.8 Å². The van der Waals surface area contributed by atoms with E-state index >= 15 is 0 Å². The van der Waals surface area contributed by atoms with Gasteiger partial charge in [0.05, 0.1) is 11.1 Å². The van der Waals surface area contributed by atoms with Crippen molar-refractivity contribution < 1.29 is 9.13 Å². The standard InChI is InChI=1S/C13H17ClFNO/c14-12-6-3-4-10(13(12)15)8-16-9-11-5-1-2-7-17-11/h3-4,6,11,16H,1-2,5,7-9H2. The number of hydrogen-bond donors (Lipinski definition) is 1. The van der Waals surface area contributed by atoms with Gasteiger partial charge in [0.25, 0.3) is 0 Å². The first kappa shape index (κ1) is 12.8. The van der Waals surface area contributed by atoms with Gasteiger partial charge in [0.1, 0.15) is 5.82 Å². The number of hydrogen-bond acceptors (Lipinski definition) is 2. The maximum atomic E-state index is 13.6. The molecule has 1 aromatic carbocycles. The molecule has 0 amide bonds. The Labute approximate surface area is 106 Å². The quantitative estimate of drug-likeness (QED) is 0.895. The summed E-state index contributed by atoms with van der Waals surface area (Å²) >= 11 is 5.71. The first-order valence-electron chi connectivity index (χ1n) is 6.02. The summed E-state index contributed by atoms with van der Waals surface area (Å²) in [5.41, 5.74) is 0.605. The first-order valence-corrected chi connectivity index (χ1v) is 6.40. The van der Waals surface area contributed by atoms with E-state index in [1.54, 1.807) is 18.2 Å². The Morgan fingerprint density at radius 3 is 3.06 bits per heavy atom. The van der Waals surface area contributed by atoms with Crippen LogP contribution in [0.5, 0.6) is 0 Å². The first-order chi connectivity index (χ1) is 8.27. The Morgan fingerprint density at radius 2 is 2.29 bits per heavy atom. The number of halogens is 2. The van der Waals surface area contributed by atoms with E-state index < -0.39 is 0 Å². The van der Waals surface area contributed by atoms with Crippen LogP contribution in [-0.2, 0) is 11.3 Å². The van der Waals surface area contributed by atoms with E-state index in [2.05, 4.69) is 5.32 Å². The highest BCUT2D eigenvalue weighted by atomic mass is 35.5. The lowest BCUT2D eigenvalue weighted by Gasteiger charge is -2.22. The molecule has 2 nitrogen and oxygen atoms in total. The molecular formula is C13H17ClFNO. The fourth-order valence-electron chi connectivity index (χ4n) is 2.02. The summed E-state index contributed by atoms with van der Waals surface area (Å²) in [6.07, 6.45) is 3.73. The van der Waals surface area contributed by atoms with E-state index in [0.717, 1.165) is 26.0 Å².